The Morgan fingerprint density at radius 1 is 1.06 bits per heavy atom. The first-order chi connectivity index (χ1) is 16.2. The van der Waals surface area contributed by atoms with Gasteiger partial charge >= 0.3 is 6.09 Å². The van der Waals surface area contributed by atoms with Crippen molar-refractivity contribution in [1.29, 1.82) is 0 Å². The van der Waals surface area contributed by atoms with Gasteiger partial charge in [-0.25, -0.2) is 19.2 Å². The van der Waals surface area contributed by atoms with Gasteiger partial charge in [-0.05, 0) is 23.8 Å². The Labute approximate surface area is 190 Å². The largest absolute Gasteiger partial charge is 0.441 e. The SMILES string of the molecule is O=C(NCc1ccccc1)O[C@@H]1CO[C@H]2[C@@H]1OC[C@@H]2Nc1nccc(-c2cccc(F)c2)n1. The van der Waals surface area contributed by atoms with Gasteiger partial charge in [-0.1, -0.05) is 42.5 Å². The summed E-state index contributed by atoms with van der Waals surface area (Å²) in [6, 6.07) is 17.3. The molecule has 1 amide bonds. The molecule has 4 atom stereocenters. The quantitative estimate of drug-likeness (QED) is 0.596. The molecule has 2 saturated heterocycles. The summed E-state index contributed by atoms with van der Waals surface area (Å²) in [5, 5.41) is 5.98. The molecule has 2 aliphatic rings. The third-order valence-corrected chi connectivity index (χ3v) is 5.64. The van der Waals surface area contributed by atoms with Gasteiger partial charge in [0.15, 0.2) is 6.10 Å². The van der Waals surface area contributed by atoms with E-state index in [2.05, 4.69) is 20.6 Å². The Balaban J connectivity index is 1.17. The van der Waals surface area contributed by atoms with E-state index >= 15 is 0 Å². The van der Waals surface area contributed by atoms with Gasteiger partial charge in [-0.3, -0.25) is 0 Å². The third kappa shape index (κ3) is 4.94. The summed E-state index contributed by atoms with van der Waals surface area (Å²) < 4.78 is 30.8. The average Bonchev–Trinajstić information content (AvgIpc) is 3.42. The molecule has 2 fully saturated rings. The highest BCUT2D eigenvalue weighted by Gasteiger charge is 2.49. The molecule has 5 rings (SSSR count). The van der Waals surface area contributed by atoms with Gasteiger partial charge in [-0.15, -0.1) is 0 Å². The molecule has 33 heavy (non-hydrogen) atoms. The zero-order valence-electron chi connectivity index (χ0n) is 17.7. The molecular weight excluding hydrogens is 427 g/mol. The van der Waals surface area contributed by atoms with E-state index in [4.69, 9.17) is 14.2 Å². The van der Waals surface area contributed by atoms with Crippen molar-refractivity contribution in [3.63, 3.8) is 0 Å². The van der Waals surface area contributed by atoms with Crippen molar-refractivity contribution in [2.75, 3.05) is 18.5 Å². The minimum atomic E-state index is -0.515. The molecule has 170 valence electrons. The minimum absolute atomic E-state index is 0.210. The summed E-state index contributed by atoms with van der Waals surface area (Å²) in [5.41, 5.74) is 2.25. The maximum absolute atomic E-state index is 13.6. The van der Waals surface area contributed by atoms with Gasteiger partial charge in [0.25, 0.3) is 0 Å². The van der Waals surface area contributed by atoms with Gasteiger partial charge in [0, 0.05) is 18.3 Å². The fourth-order valence-electron chi connectivity index (χ4n) is 4.04. The lowest BCUT2D eigenvalue weighted by Crippen LogP contribution is -2.39. The van der Waals surface area contributed by atoms with Crippen molar-refractivity contribution in [3.8, 4) is 11.3 Å². The van der Waals surface area contributed by atoms with Crippen LogP contribution in [0.2, 0.25) is 0 Å². The molecular formula is C24H23FN4O4. The Morgan fingerprint density at radius 3 is 2.76 bits per heavy atom. The maximum Gasteiger partial charge on any atom is 0.407 e. The summed E-state index contributed by atoms with van der Waals surface area (Å²) >= 11 is 0. The molecule has 8 nitrogen and oxygen atoms in total. The minimum Gasteiger partial charge on any atom is -0.441 e. The number of amides is 1. The van der Waals surface area contributed by atoms with E-state index in [9.17, 15) is 9.18 Å². The number of nitrogens with one attached hydrogen (secondary N) is 2. The maximum atomic E-state index is 13.6. The molecule has 2 aromatic carbocycles. The Hall–Kier alpha value is -3.56. The molecule has 0 unspecified atom stereocenters. The number of halogens is 1. The number of carbonyl (C=O) groups excluding carboxylic acids is 1. The summed E-state index contributed by atoms with van der Waals surface area (Å²) in [6.45, 7) is 0.982. The van der Waals surface area contributed by atoms with Crippen molar-refractivity contribution >= 4 is 12.0 Å². The van der Waals surface area contributed by atoms with Crippen molar-refractivity contribution in [2.24, 2.45) is 0 Å². The van der Waals surface area contributed by atoms with Crippen LogP contribution < -0.4 is 10.6 Å². The number of nitrogens with zero attached hydrogens (tertiary/aromatic N) is 2. The second kappa shape index (κ2) is 9.51. The second-order valence-corrected chi connectivity index (χ2v) is 7.91. The fraction of sp³-hybridized carbons (Fsp3) is 0.292. The third-order valence-electron chi connectivity index (χ3n) is 5.64. The number of rotatable bonds is 6. The van der Waals surface area contributed by atoms with E-state index in [1.807, 2.05) is 30.3 Å². The Morgan fingerprint density at radius 2 is 1.91 bits per heavy atom. The number of benzene rings is 2. The molecule has 3 aromatic rings. The van der Waals surface area contributed by atoms with E-state index in [-0.39, 0.29) is 30.7 Å². The van der Waals surface area contributed by atoms with E-state index < -0.39 is 12.2 Å². The number of hydrogen-bond acceptors (Lipinski definition) is 7. The van der Waals surface area contributed by atoms with Crippen LogP contribution in [0.3, 0.4) is 0 Å². The van der Waals surface area contributed by atoms with Crippen LogP contribution in [0, 0.1) is 5.82 Å². The van der Waals surface area contributed by atoms with Gasteiger partial charge in [0.1, 0.15) is 18.0 Å². The first-order valence-corrected chi connectivity index (χ1v) is 10.7. The molecule has 3 heterocycles. The summed E-state index contributed by atoms with van der Waals surface area (Å²) in [5.74, 6) is 0.0606. The topological polar surface area (TPSA) is 94.6 Å². The van der Waals surface area contributed by atoms with Crippen molar-refractivity contribution in [1.82, 2.24) is 15.3 Å². The molecule has 1 aromatic heterocycles. The van der Waals surface area contributed by atoms with E-state index in [0.29, 0.717) is 30.4 Å². The number of hydrogen-bond donors (Lipinski definition) is 2. The summed E-state index contributed by atoms with van der Waals surface area (Å²) in [6.07, 6.45) is -0.0902. The van der Waals surface area contributed by atoms with E-state index in [0.717, 1.165) is 5.56 Å². The number of aromatic nitrogens is 2. The lowest BCUT2D eigenvalue weighted by atomic mass is 10.1. The molecule has 2 N–H and O–H groups in total. The highest BCUT2D eigenvalue weighted by atomic mass is 19.1. The van der Waals surface area contributed by atoms with E-state index in [1.54, 1.807) is 24.4 Å². The van der Waals surface area contributed by atoms with Crippen LogP contribution in [0.4, 0.5) is 15.1 Å². The van der Waals surface area contributed by atoms with E-state index in [1.165, 1.54) is 12.1 Å². The number of ether oxygens (including phenoxy) is 3. The van der Waals surface area contributed by atoms with Crippen LogP contribution in [0.25, 0.3) is 11.3 Å². The average molecular weight is 450 g/mol. The van der Waals surface area contributed by atoms with Crippen LogP contribution in [-0.2, 0) is 20.8 Å². The lowest BCUT2D eigenvalue weighted by Gasteiger charge is -2.18. The van der Waals surface area contributed by atoms with Gasteiger partial charge in [-0.2, -0.15) is 0 Å². The highest BCUT2D eigenvalue weighted by Crippen LogP contribution is 2.30. The van der Waals surface area contributed by atoms with Crippen LogP contribution in [0.1, 0.15) is 5.56 Å². The second-order valence-electron chi connectivity index (χ2n) is 7.91. The van der Waals surface area contributed by atoms with Crippen LogP contribution >= 0.6 is 0 Å². The normalized spacial score (nSPS) is 23.7. The number of fused-ring (bicyclic) bond motifs is 1. The zero-order valence-corrected chi connectivity index (χ0v) is 17.7. The standard InChI is InChI=1S/C24H23FN4O4/c25-17-8-4-7-16(11-17)18-9-10-26-23(28-18)29-19-13-31-22-20(14-32-21(19)22)33-24(30)27-12-15-5-2-1-3-6-15/h1-11,19-22H,12-14H2,(H,27,30)(H,26,28,29)/t19-,20+,21+,22+/m0/s1. The molecule has 0 radical (unpaired) electrons. The number of anilines is 1. The van der Waals surface area contributed by atoms with Gasteiger partial charge < -0.3 is 24.8 Å². The lowest BCUT2D eigenvalue weighted by molar-refractivity contribution is 0.00431. The molecule has 0 bridgehead atoms. The van der Waals surface area contributed by atoms with Crippen LogP contribution in [0.15, 0.2) is 66.9 Å². The molecule has 0 saturated carbocycles. The van der Waals surface area contributed by atoms with Crippen molar-refractivity contribution in [3.05, 3.63) is 78.2 Å². The monoisotopic (exact) mass is 450 g/mol. The fourth-order valence-corrected chi connectivity index (χ4v) is 4.04. The van der Waals surface area contributed by atoms with Gasteiger partial charge in [0.05, 0.1) is 24.9 Å². The smallest absolute Gasteiger partial charge is 0.407 e. The Kier molecular flexibility index (Phi) is 6.14. The molecule has 0 aliphatic carbocycles. The first-order valence-electron chi connectivity index (χ1n) is 10.7. The van der Waals surface area contributed by atoms with Crippen molar-refractivity contribution in [2.45, 2.75) is 30.9 Å². The van der Waals surface area contributed by atoms with Crippen LogP contribution in [0.5, 0.6) is 0 Å². The number of carbonyl (C=O) groups is 1. The van der Waals surface area contributed by atoms with Crippen LogP contribution in [-0.4, -0.2) is 53.6 Å². The zero-order chi connectivity index (χ0) is 22.6. The predicted octanol–water partition coefficient (Wildman–Crippen LogP) is 3.16. The van der Waals surface area contributed by atoms with Gasteiger partial charge in [0.2, 0.25) is 5.95 Å². The van der Waals surface area contributed by atoms with Crippen molar-refractivity contribution < 1.29 is 23.4 Å². The first kappa shape index (κ1) is 21.3. The molecule has 9 heteroatoms. The molecule has 2 aliphatic heterocycles. The molecule has 0 spiro atoms. The predicted molar refractivity (Wildman–Crippen MR) is 118 cm³/mol. The highest BCUT2D eigenvalue weighted by molar-refractivity contribution is 5.67. The summed E-state index contributed by atoms with van der Waals surface area (Å²) in [7, 11) is 0. The summed E-state index contributed by atoms with van der Waals surface area (Å²) in [4.78, 5) is 21.0. The number of alkyl carbamates (subject to hydrolysis) is 1. The Bertz CT molecular complexity index is 1120.